The summed E-state index contributed by atoms with van der Waals surface area (Å²) in [4.78, 5) is 14.7. The highest BCUT2D eigenvalue weighted by Crippen LogP contribution is 2.42. The van der Waals surface area contributed by atoms with Crippen molar-refractivity contribution in [3.8, 4) is 5.75 Å². The van der Waals surface area contributed by atoms with E-state index in [0.29, 0.717) is 31.9 Å². The summed E-state index contributed by atoms with van der Waals surface area (Å²) in [6.07, 6.45) is -0.361. The van der Waals surface area contributed by atoms with Crippen LogP contribution in [0.15, 0.2) is 12.1 Å². The Labute approximate surface area is 188 Å². The van der Waals surface area contributed by atoms with Crippen molar-refractivity contribution in [2.75, 3.05) is 45.6 Å². The van der Waals surface area contributed by atoms with E-state index < -0.39 is 45.9 Å². The molecule has 0 aromatic heterocycles. The number of carbonyl (C=O) groups is 1. The van der Waals surface area contributed by atoms with Gasteiger partial charge in [-0.05, 0) is 19.8 Å². The number of nitrogens with one attached hydrogen (secondary N) is 1. The van der Waals surface area contributed by atoms with Crippen LogP contribution in [0.2, 0.25) is 0 Å². The molecule has 1 aliphatic heterocycles. The maximum absolute atomic E-state index is 14.3. The third kappa shape index (κ3) is 5.49. The molecule has 1 heterocycles. The molecule has 0 radical (unpaired) electrons. The first-order valence-electron chi connectivity index (χ1n) is 10.7. The molecular weight excluding hydrogens is 450 g/mol. The van der Waals surface area contributed by atoms with Crippen LogP contribution in [-0.4, -0.2) is 76.7 Å². The van der Waals surface area contributed by atoms with Crippen molar-refractivity contribution in [3.63, 3.8) is 0 Å². The molecule has 3 rings (SSSR count). The molecule has 180 valence electrons. The molecule has 1 saturated heterocycles. The maximum atomic E-state index is 14.3. The van der Waals surface area contributed by atoms with Crippen molar-refractivity contribution in [3.05, 3.63) is 29.3 Å². The fourth-order valence-corrected chi connectivity index (χ4v) is 5.39. The fourth-order valence-electron chi connectivity index (χ4n) is 4.45. The van der Waals surface area contributed by atoms with Crippen LogP contribution in [0.25, 0.3) is 0 Å². The van der Waals surface area contributed by atoms with Gasteiger partial charge in [0.15, 0.2) is 0 Å². The molecule has 32 heavy (non-hydrogen) atoms. The van der Waals surface area contributed by atoms with Crippen LogP contribution in [0.4, 0.5) is 17.6 Å². The Bertz CT molecular complexity index is 788. The number of halogens is 4. The Kier molecular flexibility index (Phi) is 7.95. The Hall–Kier alpha value is -1.56. The monoisotopic (exact) mass is 479 g/mol. The smallest absolute Gasteiger partial charge is 0.257 e. The van der Waals surface area contributed by atoms with Gasteiger partial charge in [0.2, 0.25) is 5.92 Å². The number of carbonyl (C=O) groups excluding carboxylic acids is 1. The zero-order valence-electron chi connectivity index (χ0n) is 18.3. The molecule has 1 aromatic rings. The number of hydrogen-bond donors (Lipinski definition) is 1. The third-order valence-electron chi connectivity index (χ3n) is 6.41. The van der Waals surface area contributed by atoms with Gasteiger partial charge >= 0.3 is 0 Å². The Balaban J connectivity index is 1.74. The van der Waals surface area contributed by atoms with Gasteiger partial charge in [0.25, 0.3) is 5.91 Å². The van der Waals surface area contributed by atoms with Crippen LogP contribution in [0.5, 0.6) is 5.75 Å². The average molecular weight is 480 g/mol. The predicted molar refractivity (Wildman–Crippen MR) is 113 cm³/mol. The molecule has 1 aliphatic carbocycles. The van der Waals surface area contributed by atoms with E-state index in [2.05, 4.69) is 5.32 Å². The van der Waals surface area contributed by atoms with Gasteiger partial charge in [-0.15, -0.1) is 4.31 Å². The number of rotatable bonds is 7. The second-order valence-corrected chi connectivity index (χ2v) is 9.99. The maximum Gasteiger partial charge on any atom is 0.257 e. The van der Waals surface area contributed by atoms with Gasteiger partial charge in [-0.2, -0.15) is 0 Å². The van der Waals surface area contributed by atoms with Crippen molar-refractivity contribution in [1.82, 2.24) is 14.5 Å². The molecular formula is C21H29F4N3O3S. The third-order valence-corrected chi connectivity index (χ3v) is 7.85. The minimum absolute atomic E-state index is 0.0102. The molecule has 1 aromatic carbocycles. The summed E-state index contributed by atoms with van der Waals surface area (Å²) in [6.45, 7) is 3.89. The average Bonchev–Trinajstić information content (AvgIpc) is 2.77. The van der Waals surface area contributed by atoms with Crippen molar-refractivity contribution in [1.29, 1.82) is 0 Å². The number of hydrogen-bond acceptors (Lipinski definition) is 5. The summed E-state index contributed by atoms with van der Waals surface area (Å²) in [5, 5.41) is 2.58. The minimum Gasteiger partial charge on any atom is -0.598 e. The van der Waals surface area contributed by atoms with Crippen LogP contribution in [-0.2, 0) is 11.4 Å². The normalized spacial score (nSPS) is 22.3. The van der Waals surface area contributed by atoms with E-state index in [4.69, 9.17) is 4.74 Å². The molecule has 1 saturated carbocycles. The van der Waals surface area contributed by atoms with Crippen LogP contribution < -0.4 is 10.1 Å². The SMILES string of the molecule is CC[S+]([O-])N1CCN(C2(CNC(=O)c3c(F)cc(OC)cc3F)CCC(F)(F)CC2)CC1. The second kappa shape index (κ2) is 10.1. The zero-order chi connectivity index (χ0) is 23.5. The van der Waals surface area contributed by atoms with Crippen LogP contribution in [0.3, 0.4) is 0 Å². The standard InChI is InChI=1S/C21H29F4N3O3S/c1-3-32(30)28-10-8-27(9-11-28)20(4-6-21(24,25)7-5-20)14-26-19(29)18-16(22)12-15(31-2)13-17(18)23/h12-13H,3-11,14H2,1-2H3,(H,26,29). The van der Waals surface area contributed by atoms with E-state index in [0.717, 1.165) is 12.1 Å². The number of benzene rings is 1. The second-order valence-electron chi connectivity index (χ2n) is 8.26. The summed E-state index contributed by atoms with van der Waals surface area (Å²) in [6, 6.07) is 1.84. The zero-order valence-corrected chi connectivity index (χ0v) is 19.1. The lowest BCUT2D eigenvalue weighted by Crippen LogP contribution is -2.63. The Morgan fingerprint density at radius 1 is 1.12 bits per heavy atom. The van der Waals surface area contributed by atoms with E-state index in [-0.39, 0.29) is 38.0 Å². The van der Waals surface area contributed by atoms with Crippen molar-refractivity contribution in [2.45, 2.75) is 44.1 Å². The molecule has 1 atom stereocenters. The molecule has 1 unspecified atom stereocenters. The highest BCUT2D eigenvalue weighted by atomic mass is 32.2. The van der Waals surface area contributed by atoms with E-state index in [9.17, 15) is 26.9 Å². The lowest BCUT2D eigenvalue weighted by atomic mass is 9.78. The van der Waals surface area contributed by atoms with Gasteiger partial charge in [0.1, 0.15) is 28.7 Å². The number of amides is 1. The Morgan fingerprint density at radius 3 is 2.19 bits per heavy atom. The summed E-state index contributed by atoms with van der Waals surface area (Å²) in [5.41, 5.74) is -1.48. The van der Waals surface area contributed by atoms with Gasteiger partial charge in [0, 0.05) is 61.5 Å². The molecule has 0 bridgehead atoms. The number of ether oxygens (including phenoxy) is 1. The Morgan fingerprint density at radius 2 is 1.69 bits per heavy atom. The molecule has 1 amide bonds. The van der Waals surface area contributed by atoms with Crippen molar-refractivity contribution in [2.24, 2.45) is 0 Å². The number of nitrogens with zero attached hydrogens (tertiary/aromatic N) is 2. The highest BCUT2D eigenvalue weighted by Gasteiger charge is 2.47. The summed E-state index contributed by atoms with van der Waals surface area (Å²) >= 11 is -1.08. The van der Waals surface area contributed by atoms with Crippen molar-refractivity contribution >= 4 is 17.3 Å². The van der Waals surface area contributed by atoms with Crippen LogP contribution >= 0.6 is 0 Å². The van der Waals surface area contributed by atoms with Crippen LogP contribution in [0.1, 0.15) is 43.0 Å². The van der Waals surface area contributed by atoms with Crippen LogP contribution in [0, 0.1) is 11.6 Å². The topological polar surface area (TPSA) is 67.9 Å². The quantitative estimate of drug-likeness (QED) is 0.481. The molecule has 0 spiro atoms. The van der Waals surface area contributed by atoms with Gasteiger partial charge < -0.3 is 14.6 Å². The highest BCUT2D eigenvalue weighted by molar-refractivity contribution is 7.89. The summed E-state index contributed by atoms with van der Waals surface area (Å²) < 4.78 is 75.1. The molecule has 6 nitrogen and oxygen atoms in total. The first kappa shape index (κ1) is 25.1. The van der Waals surface area contributed by atoms with Gasteiger partial charge in [-0.3, -0.25) is 9.69 Å². The minimum atomic E-state index is -2.77. The fraction of sp³-hybridized carbons (Fsp3) is 0.667. The first-order chi connectivity index (χ1) is 15.1. The van der Waals surface area contributed by atoms with Gasteiger partial charge in [-0.25, -0.2) is 17.6 Å². The van der Waals surface area contributed by atoms with E-state index in [1.807, 2.05) is 16.1 Å². The first-order valence-corrected chi connectivity index (χ1v) is 12.0. The summed E-state index contributed by atoms with van der Waals surface area (Å²) in [5.74, 6) is -5.37. The number of alkyl halides is 2. The predicted octanol–water partition coefficient (Wildman–Crippen LogP) is 2.95. The number of methoxy groups -OCH3 is 1. The number of piperazine rings is 1. The molecule has 11 heteroatoms. The molecule has 1 N–H and O–H groups in total. The van der Waals surface area contributed by atoms with E-state index >= 15 is 0 Å². The largest absolute Gasteiger partial charge is 0.598 e. The van der Waals surface area contributed by atoms with Crippen molar-refractivity contribution < 1.29 is 31.6 Å². The van der Waals surface area contributed by atoms with E-state index in [1.165, 1.54) is 7.11 Å². The lowest BCUT2D eigenvalue weighted by molar-refractivity contribution is -0.0856. The van der Waals surface area contributed by atoms with Gasteiger partial charge in [0.05, 0.1) is 20.2 Å². The molecule has 2 aliphatic rings. The lowest BCUT2D eigenvalue weighted by Gasteiger charge is -2.50. The summed E-state index contributed by atoms with van der Waals surface area (Å²) in [7, 11) is 1.26. The van der Waals surface area contributed by atoms with Gasteiger partial charge in [-0.1, -0.05) is 0 Å². The van der Waals surface area contributed by atoms with E-state index in [1.54, 1.807) is 0 Å². The molecule has 2 fully saturated rings.